The van der Waals surface area contributed by atoms with Gasteiger partial charge < -0.3 is 9.47 Å². The molecule has 0 aliphatic carbocycles. The van der Waals surface area contributed by atoms with Gasteiger partial charge in [-0.2, -0.15) is 5.10 Å². The summed E-state index contributed by atoms with van der Waals surface area (Å²) in [6.45, 7) is 0. The number of halogens is 1. The van der Waals surface area contributed by atoms with Crippen molar-refractivity contribution in [1.29, 1.82) is 0 Å². The lowest BCUT2D eigenvalue weighted by molar-refractivity contribution is -0.0203. The number of hydrogen-bond acceptors (Lipinski definition) is 4. The zero-order valence-electron chi connectivity index (χ0n) is 15.4. The van der Waals surface area contributed by atoms with E-state index in [4.69, 9.17) is 14.6 Å². The minimum atomic E-state index is -0.353. The fraction of sp³-hybridized carbons (Fsp3) is 0.174. The third-order valence-corrected chi connectivity index (χ3v) is 5.76. The minimum Gasteiger partial charge on any atom is -0.496 e. The predicted octanol–water partition coefficient (Wildman–Crippen LogP) is 5.70. The SMILES string of the molecule is COc1ccc(Br)cc1[C@H]1Oc2ccccc2[C@@H]2CC(c3ccccc3)=NN12. The van der Waals surface area contributed by atoms with E-state index in [-0.39, 0.29) is 12.3 Å². The molecule has 2 aliphatic heterocycles. The van der Waals surface area contributed by atoms with Crippen molar-refractivity contribution in [3.8, 4) is 11.5 Å². The number of nitrogens with zero attached hydrogens (tertiary/aromatic N) is 2. The molecule has 3 aromatic rings. The largest absolute Gasteiger partial charge is 0.496 e. The Balaban J connectivity index is 1.64. The van der Waals surface area contributed by atoms with Crippen LogP contribution in [0.2, 0.25) is 0 Å². The summed E-state index contributed by atoms with van der Waals surface area (Å²) in [4.78, 5) is 0. The second-order valence-electron chi connectivity index (χ2n) is 6.91. The fourth-order valence-electron chi connectivity index (χ4n) is 3.94. The maximum absolute atomic E-state index is 6.43. The van der Waals surface area contributed by atoms with Crippen LogP contribution in [0.5, 0.6) is 11.5 Å². The van der Waals surface area contributed by atoms with E-state index < -0.39 is 0 Å². The number of fused-ring (bicyclic) bond motifs is 3. The second-order valence-corrected chi connectivity index (χ2v) is 7.82. The molecule has 0 spiro atoms. The van der Waals surface area contributed by atoms with Crippen LogP contribution in [0.3, 0.4) is 0 Å². The first kappa shape index (κ1) is 17.3. The van der Waals surface area contributed by atoms with Crippen molar-refractivity contribution in [2.24, 2.45) is 5.10 Å². The number of rotatable bonds is 3. The molecule has 4 nitrogen and oxygen atoms in total. The van der Waals surface area contributed by atoms with Crippen LogP contribution in [0, 0.1) is 0 Å². The van der Waals surface area contributed by atoms with Gasteiger partial charge in [0, 0.05) is 16.5 Å². The molecule has 2 aliphatic rings. The molecule has 5 heteroatoms. The average molecular weight is 435 g/mol. The van der Waals surface area contributed by atoms with Crippen molar-refractivity contribution in [3.63, 3.8) is 0 Å². The van der Waals surface area contributed by atoms with Gasteiger partial charge in [0.2, 0.25) is 6.23 Å². The summed E-state index contributed by atoms with van der Waals surface area (Å²) in [6, 6.07) is 24.7. The first-order valence-corrected chi connectivity index (χ1v) is 10.0. The molecule has 28 heavy (non-hydrogen) atoms. The van der Waals surface area contributed by atoms with Crippen LogP contribution in [0.4, 0.5) is 0 Å². The molecule has 2 atom stereocenters. The molecule has 3 aromatic carbocycles. The Kier molecular flexibility index (Phi) is 4.32. The van der Waals surface area contributed by atoms with Crippen molar-refractivity contribution >= 4 is 21.6 Å². The maximum Gasteiger partial charge on any atom is 0.217 e. The monoisotopic (exact) mass is 434 g/mol. The highest BCUT2D eigenvalue weighted by Gasteiger charge is 2.41. The molecule has 0 radical (unpaired) electrons. The van der Waals surface area contributed by atoms with E-state index in [0.717, 1.165) is 39.2 Å². The van der Waals surface area contributed by atoms with Crippen molar-refractivity contribution in [1.82, 2.24) is 5.01 Å². The molecule has 140 valence electrons. The smallest absolute Gasteiger partial charge is 0.217 e. The van der Waals surface area contributed by atoms with E-state index in [1.807, 2.05) is 36.4 Å². The number of hydrazone groups is 1. The first-order valence-electron chi connectivity index (χ1n) is 9.25. The normalized spacial score (nSPS) is 20.1. The second kappa shape index (κ2) is 6.99. The summed E-state index contributed by atoms with van der Waals surface area (Å²) in [5, 5.41) is 7.07. The summed E-state index contributed by atoms with van der Waals surface area (Å²) < 4.78 is 13.0. The van der Waals surface area contributed by atoms with E-state index in [2.05, 4.69) is 57.3 Å². The number of para-hydroxylation sites is 1. The Hall–Kier alpha value is -2.79. The lowest BCUT2D eigenvalue weighted by Crippen LogP contribution is -2.33. The van der Waals surface area contributed by atoms with E-state index in [1.54, 1.807) is 7.11 Å². The molecule has 0 saturated heterocycles. The summed E-state index contributed by atoms with van der Waals surface area (Å²) >= 11 is 3.58. The van der Waals surface area contributed by atoms with Crippen LogP contribution in [0.1, 0.15) is 35.4 Å². The molecule has 0 saturated carbocycles. The molecule has 0 aromatic heterocycles. The Morgan fingerprint density at radius 2 is 1.79 bits per heavy atom. The van der Waals surface area contributed by atoms with Gasteiger partial charge in [0.05, 0.1) is 24.4 Å². The molecule has 0 amide bonds. The predicted molar refractivity (Wildman–Crippen MR) is 113 cm³/mol. The Labute approximate surface area is 172 Å². The summed E-state index contributed by atoms with van der Waals surface area (Å²) in [5.41, 5.74) is 4.34. The van der Waals surface area contributed by atoms with E-state index in [9.17, 15) is 0 Å². The topological polar surface area (TPSA) is 34.1 Å². The highest BCUT2D eigenvalue weighted by atomic mass is 79.9. The van der Waals surface area contributed by atoms with Crippen molar-refractivity contribution < 1.29 is 9.47 Å². The fourth-order valence-corrected chi connectivity index (χ4v) is 4.32. The van der Waals surface area contributed by atoms with E-state index >= 15 is 0 Å². The lowest BCUT2D eigenvalue weighted by Gasteiger charge is -2.38. The van der Waals surface area contributed by atoms with Crippen molar-refractivity contribution in [2.45, 2.75) is 18.7 Å². The number of hydrogen-bond donors (Lipinski definition) is 0. The molecular weight excluding hydrogens is 416 g/mol. The first-order chi connectivity index (χ1) is 13.7. The van der Waals surface area contributed by atoms with Gasteiger partial charge in [-0.05, 0) is 29.8 Å². The minimum absolute atomic E-state index is 0.133. The van der Waals surface area contributed by atoms with Gasteiger partial charge in [-0.15, -0.1) is 0 Å². The van der Waals surface area contributed by atoms with Gasteiger partial charge in [-0.1, -0.05) is 64.5 Å². The van der Waals surface area contributed by atoms with E-state index in [0.29, 0.717) is 0 Å². The average Bonchev–Trinajstić information content (AvgIpc) is 3.19. The number of benzene rings is 3. The maximum atomic E-state index is 6.43. The molecule has 5 rings (SSSR count). The summed E-state index contributed by atoms with van der Waals surface area (Å²) in [7, 11) is 1.68. The van der Waals surface area contributed by atoms with Crippen molar-refractivity contribution in [3.05, 3.63) is 94.0 Å². The zero-order valence-corrected chi connectivity index (χ0v) is 17.0. The molecule has 0 bridgehead atoms. The van der Waals surface area contributed by atoms with Crippen LogP contribution in [-0.2, 0) is 0 Å². The Bertz CT molecular complexity index is 1050. The highest BCUT2D eigenvalue weighted by molar-refractivity contribution is 9.10. The van der Waals surface area contributed by atoms with Gasteiger partial charge in [0.25, 0.3) is 0 Å². The van der Waals surface area contributed by atoms with Crippen LogP contribution in [0.25, 0.3) is 0 Å². The third kappa shape index (κ3) is 2.87. The Morgan fingerprint density at radius 1 is 1.00 bits per heavy atom. The third-order valence-electron chi connectivity index (χ3n) is 5.26. The quantitative estimate of drug-likeness (QED) is 0.529. The van der Waals surface area contributed by atoms with E-state index in [1.165, 1.54) is 5.56 Å². The number of methoxy groups -OCH3 is 1. The van der Waals surface area contributed by atoms with Crippen LogP contribution < -0.4 is 9.47 Å². The Morgan fingerprint density at radius 3 is 2.61 bits per heavy atom. The zero-order chi connectivity index (χ0) is 19.1. The number of ether oxygens (including phenoxy) is 2. The molecular formula is C23H19BrN2O2. The van der Waals surface area contributed by atoms with Gasteiger partial charge >= 0.3 is 0 Å². The standard InChI is InChI=1S/C23H19BrN2O2/c1-27-21-12-11-16(24)13-18(21)23-26-20(17-9-5-6-10-22(17)28-23)14-19(25-26)15-7-3-2-4-8-15/h2-13,20,23H,14H2,1H3/t20-,23+/m0/s1. The lowest BCUT2D eigenvalue weighted by atomic mass is 9.96. The van der Waals surface area contributed by atoms with Crippen LogP contribution in [0.15, 0.2) is 82.4 Å². The summed E-state index contributed by atoms with van der Waals surface area (Å²) in [5.74, 6) is 1.69. The van der Waals surface area contributed by atoms with Crippen LogP contribution >= 0.6 is 15.9 Å². The van der Waals surface area contributed by atoms with Gasteiger partial charge in [0.15, 0.2) is 0 Å². The molecule has 2 heterocycles. The summed E-state index contributed by atoms with van der Waals surface area (Å²) in [6.07, 6.45) is 0.491. The molecule has 0 unspecified atom stereocenters. The molecule has 0 N–H and O–H groups in total. The van der Waals surface area contributed by atoms with Gasteiger partial charge in [-0.25, -0.2) is 5.01 Å². The van der Waals surface area contributed by atoms with Crippen molar-refractivity contribution in [2.75, 3.05) is 7.11 Å². The molecule has 0 fully saturated rings. The van der Waals surface area contributed by atoms with Crippen LogP contribution in [-0.4, -0.2) is 17.8 Å². The van der Waals surface area contributed by atoms with Gasteiger partial charge in [0.1, 0.15) is 11.5 Å². The highest BCUT2D eigenvalue weighted by Crippen LogP contribution is 2.49. The van der Waals surface area contributed by atoms with Gasteiger partial charge in [-0.3, -0.25) is 0 Å².